The number of carbonyl (C=O) groups is 1. The first-order chi connectivity index (χ1) is 14.6. The summed E-state index contributed by atoms with van der Waals surface area (Å²) in [6.45, 7) is 1.81. The molecule has 0 saturated carbocycles. The zero-order valence-corrected chi connectivity index (χ0v) is 16.7. The number of hydrogen-bond acceptors (Lipinski definition) is 6. The molecular formula is C23H21N3O4. The van der Waals surface area contributed by atoms with E-state index in [0.717, 1.165) is 16.3 Å². The van der Waals surface area contributed by atoms with Crippen molar-refractivity contribution in [2.75, 3.05) is 7.11 Å². The number of benzene rings is 3. The predicted octanol–water partition coefficient (Wildman–Crippen LogP) is 3.98. The van der Waals surface area contributed by atoms with Crippen molar-refractivity contribution in [2.45, 2.75) is 19.6 Å². The van der Waals surface area contributed by atoms with Crippen LogP contribution in [0.25, 0.3) is 22.2 Å². The molecule has 1 heterocycles. The molecule has 0 aliphatic carbocycles. The minimum atomic E-state index is -0.684. The number of methoxy groups -OCH3 is 1. The smallest absolute Gasteiger partial charge is 0.261 e. The maximum atomic E-state index is 12.5. The van der Waals surface area contributed by atoms with E-state index in [1.54, 1.807) is 14.0 Å². The van der Waals surface area contributed by atoms with Gasteiger partial charge in [0.15, 0.2) is 6.10 Å². The van der Waals surface area contributed by atoms with Gasteiger partial charge < -0.3 is 19.3 Å². The summed E-state index contributed by atoms with van der Waals surface area (Å²) in [6.07, 6.45) is -0.684. The third-order valence-corrected chi connectivity index (χ3v) is 4.63. The molecule has 0 spiro atoms. The molecule has 30 heavy (non-hydrogen) atoms. The van der Waals surface area contributed by atoms with Crippen LogP contribution >= 0.6 is 0 Å². The van der Waals surface area contributed by atoms with Crippen molar-refractivity contribution < 1.29 is 18.8 Å². The number of ether oxygens (including phenoxy) is 2. The van der Waals surface area contributed by atoms with E-state index in [1.807, 2.05) is 66.7 Å². The first-order valence-corrected chi connectivity index (χ1v) is 9.53. The Kier molecular flexibility index (Phi) is 5.61. The fourth-order valence-electron chi connectivity index (χ4n) is 3.05. The van der Waals surface area contributed by atoms with E-state index in [9.17, 15) is 4.79 Å². The zero-order valence-electron chi connectivity index (χ0n) is 16.7. The first-order valence-electron chi connectivity index (χ1n) is 9.53. The standard InChI is InChI=1S/C23H21N3O4/c1-15(29-20-12-6-8-16-7-3-4-11-19(16)20)23(27)24-14-21-25-22(26-30-21)17-9-5-10-18(13-17)28-2/h3-13,15H,14H2,1-2H3,(H,24,27)/t15-/m1/s1. The molecule has 0 radical (unpaired) electrons. The van der Waals surface area contributed by atoms with E-state index in [-0.39, 0.29) is 12.5 Å². The average Bonchev–Trinajstić information content (AvgIpc) is 3.27. The van der Waals surface area contributed by atoms with Crippen molar-refractivity contribution in [1.29, 1.82) is 0 Å². The summed E-state index contributed by atoms with van der Waals surface area (Å²) < 4.78 is 16.3. The van der Waals surface area contributed by atoms with Gasteiger partial charge in [-0.1, -0.05) is 53.7 Å². The van der Waals surface area contributed by atoms with Gasteiger partial charge in [0.05, 0.1) is 13.7 Å². The number of nitrogens with zero attached hydrogens (tertiary/aromatic N) is 2. The molecule has 1 N–H and O–H groups in total. The number of hydrogen-bond donors (Lipinski definition) is 1. The van der Waals surface area contributed by atoms with E-state index in [0.29, 0.717) is 23.2 Å². The molecule has 0 bridgehead atoms. The van der Waals surface area contributed by atoms with Crippen LogP contribution in [-0.4, -0.2) is 29.3 Å². The summed E-state index contributed by atoms with van der Waals surface area (Å²) in [5, 5.41) is 8.74. The Balaban J connectivity index is 1.38. The lowest BCUT2D eigenvalue weighted by atomic mass is 10.1. The molecule has 3 aromatic carbocycles. The summed E-state index contributed by atoms with van der Waals surface area (Å²) in [5.41, 5.74) is 0.767. The molecule has 4 rings (SSSR count). The Morgan fingerprint density at radius 3 is 2.77 bits per heavy atom. The highest BCUT2D eigenvalue weighted by molar-refractivity contribution is 5.89. The van der Waals surface area contributed by atoms with Crippen molar-refractivity contribution >= 4 is 16.7 Å². The largest absolute Gasteiger partial charge is 0.497 e. The van der Waals surface area contributed by atoms with E-state index in [1.165, 1.54) is 0 Å². The zero-order chi connectivity index (χ0) is 20.9. The van der Waals surface area contributed by atoms with Gasteiger partial charge in [0, 0.05) is 10.9 Å². The quantitative estimate of drug-likeness (QED) is 0.502. The van der Waals surface area contributed by atoms with Gasteiger partial charge >= 0.3 is 0 Å². The van der Waals surface area contributed by atoms with Gasteiger partial charge in [-0.05, 0) is 30.5 Å². The molecule has 7 heteroatoms. The number of rotatable bonds is 7. The van der Waals surface area contributed by atoms with E-state index < -0.39 is 6.10 Å². The molecule has 0 aliphatic heterocycles. The number of aromatic nitrogens is 2. The summed E-state index contributed by atoms with van der Waals surface area (Å²) in [6, 6.07) is 21.0. The molecule has 4 aromatic rings. The molecule has 1 aromatic heterocycles. The van der Waals surface area contributed by atoms with Crippen molar-refractivity contribution in [3.05, 3.63) is 72.6 Å². The Morgan fingerprint density at radius 2 is 1.90 bits per heavy atom. The van der Waals surface area contributed by atoms with Crippen molar-refractivity contribution in [1.82, 2.24) is 15.5 Å². The van der Waals surface area contributed by atoms with Crippen LogP contribution in [0.3, 0.4) is 0 Å². The fraction of sp³-hybridized carbons (Fsp3) is 0.174. The molecule has 0 unspecified atom stereocenters. The molecule has 0 fully saturated rings. The van der Waals surface area contributed by atoms with Gasteiger partial charge in [0.25, 0.3) is 5.91 Å². The predicted molar refractivity (Wildman–Crippen MR) is 112 cm³/mol. The van der Waals surface area contributed by atoms with Gasteiger partial charge in [0.2, 0.25) is 11.7 Å². The lowest BCUT2D eigenvalue weighted by Gasteiger charge is -2.15. The Labute approximate surface area is 173 Å². The molecule has 1 amide bonds. The Hall–Kier alpha value is -3.87. The van der Waals surface area contributed by atoms with Crippen molar-refractivity contribution in [3.8, 4) is 22.9 Å². The Morgan fingerprint density at radius 1 is 1.10 bits per heavy atom. The van der Waals surface area contributed by atoms with E-state index in [4.69, 9.17) is 14.0 Å². The maximum Gasteiger partial charge on any atom is 0.261 e. The highest BCUT2D eigenvalue weighted by Gasteiger charge is 2.17. The minimum absolute atomic E-state index is 0.110. The van der Waals surface area contributed by atoms with Crippen molar-refractivity contribution in [3.63, 3.8) is 0 Å². The van der Waals surface area contributed by atoms with E-state index in [2.05, 4.69) is 15.5 Å². The molecule has 152 valence electrons. The number of nitrogens with one attached hydrogen (secondary N) is 1. The molecule has 1 atom stereocenters. The van der Waals surface area contributed by atoms with Gasteiger partial charge in [-0.15, -0.1) is 0 Å². The second-order valence-electron chi connectivity index (χ2n) is 6.70. The van der Waals surface area contributed by atoms with Crippen LogP contribution in [0.15, 0.2) is 71.3 Å². The second kappa shape index (κ2) is 8.65. The van der Waals surface area contributed by atoms with Crippen LogP contribution in [0.4, 0.5) is 0 Å². The lowest BCUT2D eigenvalue weighted by Crippen LogP contribution is -2.36. The number of amides is 1. The summed E-state index contributed by atoms with van der Waals surface area (Å²) in [4.78, 5) is 16.8. The molecule has 0 aliphatic rings. The highest BCUT2D eigenvalue weighted by Crippen LogP contribution is 2.26. The monoisotopic (exact) mass is 403 g/mol. The summed E-state index contributed by atoms with van der Waals surface area (Å²) in [7, 11) is 1.60. The third kappa shape index (κ3) is 4.25. The molecular weight excluding hydrogens is 382 g/mol. The Bertz CT molecular complexity index is 1170. The van der Waals surface area contributed by atoms with Crippen LogP contribution in [-0.2, 0) is 11.3 Å². The normalized spacial score (nSPS) is 11.8. The van der Waals surface area contributed by atoms with Crippen LogP contribution in [0, 0.1) is 0 Å². The second-order valence-corrected chi connectivity index (χ2v) is 6.70. The van der Waals surface area contributed by atoms with Gasteiger partial charge in [-0.2, -0.15) is 4.98 Å². The topological polar surface area (TPSA) is 86.5 Å². The number of fused-ring (bicyclic) bond motifs is 1. The fourth-order valence-corrected chi connectivity index (χ4v) is 3.05. The van der Waals surface area contributed by atoms with Gasteiger partial charge in [0.1, 0.15) is 11.5 Å². The van der Waals surface area contributed by atoms with Crippen LogP contribution < -0.4 is 14.8 Å². The number of carbonyl (C=O) groups excluding carboxylic acids is 1. The van der Waals surface area contributed by atoms with Gasteiger partial charge in [-0.3, -0.25) is 4.79 Å². The van der Waals surface area contributed by atoms with E-state index >= 15 is 0 Å². The third-order valence-electron chi connectivity index (χ3n) is 4.63. The van der Waals surface area contributed by atoms with Crippen LogP contribution in [0.1, 0.15) is 12.8 Å². The lowest BCUT2D eigenvalue weighted by molar-refractivity contribution is -0.127. The van der Waals surface area contributed by atoms with Crippen molar-refractivity contribution in [2.24, 2.45) is 0 Å². The average molecular weight is 403 g/mol. The van der Waals surface area contributed by atoms with Gasteiger partial charge in [-0.25, -0.2) is 0 Å². The summed E-state index contributed by atoms with van der Waals surface area (Å²) >= 11 is 0. The SMILES string of the molecule is COc1cccc(-c2noc(CNC(=O)[C@@H](C)Oc3cccc4ccccc34)n2)c1. The summed E-state index contributed by atoms with van der Waals surface area (Å²) in [5.74, 6) is 1.82. The molecule has 7 nitrogen and oxygen atoms in total. The van der Waals surface area contributed by atoms with Crippen LogP contribution in [0.5, 0.6) is 11.5 Å². The maximum absolute atomic E-state index is 12.5. The highest BCUT2D eigenvalue weighted by atomic mass is 16.5. The minimum Gasteiger partial charge on any atom is -0.497 e. The van der Waals surface area contributed by atoms with Crippen LogP contribution in [0.2, 0.25) is 0 Å². The first kappa shape index (κ1) is 19.4. The molecule has 0 saturated heterocycles.